The van der Waals surface area contributed by atoms with Crippen molar-refractivity contribution in [2.24, 2.45) is 0 Å². The average Bonchev–Trinajstić information content (AvgIpc) is 3.01. The van der Waals surface area contributed by atoms with Crippen LogP contribution in [0.25, 0.3) is 0 Å². The molecule has 1 aliphatic rings. The number of rotatable bonds is 10. The predicted octanol–water partition coefficient (Wildman–Crippen LogP) is 3.25. The summed E-state index contributed by atoms with van der Waals surface area (Å²) in [5.41, 5.74) is -0.406. The molecule has 0 saturated heterocycles. The molecule has 0 saturated carbocycles. The van der Waals surface area contributed by atoms with Gasteiger partial charge in [-0.3, -0.25) is 24.5 Å². The van der Waals surface area contributed by atoms with E-state index in [0.29, 0.717) is 0 Å². The van der Waals surface area contributed by atoms with Crippen LogP contribution >= 0.6 is 0 Å². The Morgan fingerprint density at radius 1 is 1.07 bits per heavy atom. The van der Waals surface area contributed by atoms with Crippen LogP contribution < -0.4 is 25.0 Å². The molecule has 2 N–H and O–H groups in total. The quantitative estimate of drug-likeness (QED) is 0.0994. The summed E-state index contributed by atoms with van der Waals surface area (Å²) in [4.78, 5) is 60.7. The van der Waals surface area contributed by atoms with Crippen molar-refractivity contribution in [2.75, 3.05) is 24.6 Å². The van der Waals surface area contributed by atoms with Gasteiger partial charge in [-0.15, -0.1) is 0 Å². The van der Waals surface area contributed by atoms with Gasteiger partial charge in [-0.25, -0.2) is 9.18 Å². The van der Waals surface area contributed by atoms with Crippen molar-refractivity contribution in [3.63, 3.8) is 0 Å². The largest absolute Gasteiger partial charge is 0.513 e. The Kier molecular flexibility index (Phi) is 10.2. The van der Waals surface area contributed by atoms with Crippen molar-refractivity contribution in [3.8, 4) is 11.5 Å². The van der Waals surface area contributed by atoms with Crippen LogP contribution in [0.3, 0.4) is 0 Å². The molecule has 19 heteroatoms. The van der Waals surface area contributed by atoms with E-state index in [0.717, 1.165) is 41.3 Å². The number of nitrogens with zero attached hydrogens (tertiary/aromatic N) is 2. The average molecular weight is 636 g/mol. The van der Waals surface area contributed by atoms with Gasteiger partial charge in [0.05, 0.1) is 23.7 Å². The fourth-order valence-electron chi connectivity index (χ4n) is 3.69. The van der Waals surface area contributed by atoms with E-state index in [1.54, 1.807) is 0 Å². The lowest BCUT2D eigenvalue weighted by molar-refractivity contribution is -0.384. The highest BCUT2D eigenvalue weighted by molar-refractivity contribution is 6.03. The molecule has 238 valence electrons. The number of carbonyl (C=O) groups is 4. The van der Waals surface area contributed by atoms with Gasteiger partial charge in [0.25, 0.3) is 11.6 Å². The summed E-state index contributed by atoms with van der Waals surface area (Å²) in [6.45, 7) is -1.81. The summed E-state index contributed by atoms with van der Waals surface area (Å²) in [6.07, 6.45) is -9.61. The molecule has 0 radical (unpaired) electrons. The first-order valence-electron chi connectivity index (χ1n) is 12.4. The zero-order chi connectivity index (χ0) is 32.8. The van der Waals surface area contributed by atoms with Crippen LogP contribution in [0.2, 0.25) is 0 Å². The molecule has 0 aromatic heterocycles. The van der Waals surface area contributed by atoms with E-state index >= 15 is 0 Å². The number of nitro benzene ring substituents is 1. The fraction of sp³-hybridized carbons (Fsp3) is 0.360. The number of halogens is 6. The topological polar surface area (TPSA) is 166 Å². The summed E-state index contributed by atoms with van der Waals surface area (Å²) in [5.74, 6) is -9.89. The molecule has 0 unspecified atom stereocenters. The summed E-state index contributed by atoms with van der Waals surface area (Å²) in [5, 5.41) is 14.2. The third-order valence-electron chi connectivity index (χ3n) is 5.87. The maximum absolute atomic E-state index is 14.1. The first-order valence-corrected chi connectivity index (χ1v) is 12.4. The minimum Gasteiger partial charge on any atom is -0.486 e. The number of non-ortho nitro benzene ring substituents is 1. The molecule has 3 rings (SSSR count). The molecule has 1 heterocycles. The van der Waals surface area contributed by atoms with Crippen LogP contribution in [0, 0.1) is 15.9 Å². The van der Waals surface area contributed by atoms with Gasteiger partial charge in [0.2, 0.25) is 11.8 Å². The molecular formula is C25H22F6N4O9. The summed E-state index contributed by atoms with van der Waals surface area (Å²) in [6, 6.07) is 5.90. The molecule has 2 aromatic carbocycles. The van der Waals surface area contributed by atoms with Crippen LogP contribution in [-0.4, -0.2) is 72.7 Å². The maximum atomic E-state index is 14.1. The normalized spacial score (nSPS) is 16.6. The Bertz CT molecular complexity index is 1420. The minimum atomic E-state index is -5.94. The van der Waals surface area contributed by atoms with Crippen molar-refractivity contribution < 1.29 is 64.7 Å². The van der Waals surface area contributed by atoms with Gasteiger partial charge in [-0.2, -0.15) is 22.0 Å². The van der Waals surface area contributed by atoms with E-state index in [4.69, 9.17) is 14.2 Å². The van der Waals surface area contributed by atoms with Crippen molar-refractivity contribution in [3.05, 3.63) is 58.4 Å². The lowest BCUT2D eigenvalue weighted by atomic mass is 10.1. The molecule has 2 aromatic rings. The molecule has 3 amide bonds. The number of carbonyl (C=O) groups excluding carboxylic acids is 4. The lowest BCUT2D eigenvalue weighted by Crippen LogP contribution is -2.55. The SMILES string of the molecule is C[C@H]1Oc2ccc(F)cc2N(CCOC(=O)Oc2ccc([N+](=O)[O-])cc2)C(=O)[C@H]1NC(=O)CC(=O)NCC(F)(F)C(F)(F)F. The van der Waals surface area contributed by atoms with Gasteiger partial charge < -0.3 is 29.7 Å². The Balaban J connectivity index is 1.67. The van der Waals surface area contributed by atoms with Crippen molar-refractivity contribution >= 4 is 35.3 Å². The second-order valence-corrected chi connectivity index (χ2v) is 9.08. The Morgan fingerprint density at radius 2 is 1.73 bits per heavy atom. The number of alkyl halides is 5. The van der Waals surface area contributed by atoms with Gasteiger partial charge in [0, 0.05) is 18.2 Å². The van der Waals surface area contributed by atoms with Crippen molar-refractivity contribution in [1.29, 1.82) is 0 Å². The maximum Gasteiger partial charge on any atom is 0.513 e. The van der Waals surface area contributed by atoms with Gasteiger partial charge in [-0.1, -0.05) is 0 Å². The number of nitrogens with one attached hydrogen (secondary N) is 2. The van der Waals surface area contributed by atoms with Gasteiger partial charge in [0.1, 0.15) is 42.5 Å². The molecule has 13 nitrogen and oxygen atoms in total. The number of anilines is 1. The smallest absolute Gasteiger partial charge is 0.486 e. The number of hydrogen-bond acceptors (Lipinski definition) is 9. The summed E-state index contributed by atoms with van der Waals surface area (Å²) in [7, 11) is 0. The van der Waals surface area contributed by atoms with E-state index < -0.39 is 85.0 Å². The molecule has 0 bridgehead atoms. The Labute approximate surface area is 243 Å². The van der Waals surface area contributed by atoms with E-state index in [1.165, 1.54) is 18.3 Å². The van der Waals surface area contributed by atoms with Crippen molar-refractivity contribution in [1.82, 2.24) is 10.6 Å². The summed E-state index contributed by atoms with van der Waals surface area (Å²) < 4.78 is 92.6. The minimum absolute atomic E-state index is 0.0374. The first kappa shape index (κ1) is 33.4. The van der Waals surface area contributed by atoms with Gasteiger partial charge in [0.15, 0.2) is 0 Å². The van der Waals surface area contributed by atoms with Crippen LogP contribution in [0.15, 0.2) is 42.5 Å². The number of ether oxygens (including phenoxy) is 3. The molecule has 0 aliphatic carbocycles. The Hall–Kier alpha value is -5.10. The third-order valence-corrected chi connectivity index (χ3v) is 5.87. The van der Waals surface area contributed by atoms with Gasteiger partial charge in [-0.05, 0) is 31.2 Å². The van der Waals surface area contributed by atoms with E-state index in [1.807, 2.05) is 0 Å². The van der Waals surface area contributed by atoms with E-state index in [2.05, 4.69) is 5.32 Å². The Morgan fingerprint density at radius 3 is 2.34 bits per heavy atom. The van der Waals surface area contributed by atoms with Gasteiger partial charge >= 0.3 is 18.3 Å². The van der Waals surface area contributed by atoms with Crippen LogP contribution in [0.5, 0.6) is 11.5 Å². The first-order chi connectivity index (χ1) is 20.5. The summed E-state index contributed by atoms with van der Waals surface area (Å²) >= 11 is 0. The lowest BCUT2D eigenvalue weighted by Gasteiger charge is -2.26. The third kappa shape index (κ3) is 8.48. The van der Waals surface area contributed by atoms with E-state index in [9.17, 15) is 55.6 Å². The molecule has 2 atom stereocenters. The second kappa shape index (κ2) is 13.5. The highest BCUT2D eigenvalue weighted by atomic mass is 19.4. The highest BCUT2D eigenvalue weighted by Gasteiger charge is 2.57. The number of benzene rings is 2. The van der Waals surface area contributed by atoms with E-state index in [-0.39, 0.29) is 22.9 Å². The van der Waals surface area contributed by atoms with Crippen LogP contribution in [-0.2, 0) is 19.1 Å². The molecule has 44 heavy (non-hydrogen) atoms. The van der Waals surface area contributed by atoms with Crippen molar-refractivity contribution in [2.45, 2.75) is 37.6 Å². The number of fused-ring (bicyclic) bond motifs is 1. The second-order valence-electron chi connectivity index (χ2n) is 9.08. The fourth-order valence-corrected chi connectivity index (χ4v) is 3.69. The molecule has 0 spiro atoms. The van der Waals surface area contributed by atoms with Crippen LogP contribution in [0.4, 0.5) is 42.5 Å². The number of hydrogen-bond donors (Lipinski definition) is 2. The molecule has 0 fully saturated rings. The molecule has 1 aliphatic heterocycles. The molecular weight excluding hydrogens is 614 g/mol. The number of amides is 3. The standard InChI is InChI=1S/C25H22F6N4O9/c1-13-21(33-20(37)11-19(36)32-12-24(27,28)25(29,30)31)22(38)34(17-10-14(26)2-7-18(17)43-13)8-9-42-23(39)44-16-5-3-15(4-6-16)35(40)41/h2-7,10,13,21H,8-9,11-12H2,1H3,(H,32,36)(H,33,37)/t13-,21+/m1/s1. The monoisotopic (exact) mass is 636 g/mol. The zero-order valence-electron chi connectivity index (χ0n) is 22.4. The predicted molar refractivity (Wildman–Crippen MR) is 134 cm³/mol. The number of nitro groups is 1. The van der Waals surface area contributed by atoms with Crippen LogP contribution in [0.1, 0.15) is 13.3 Å². The highest BCUT2D eigenvalue weighted by Crippen LogP contribution is 2.35. The zero-order valence-corrected chi connectivity index (χ0v) is 22.4.